The molecule has 1 amide bonds. The van der Waals surface area contributed by atoms with E-state index < -0.39 is 0 Å². The third kappa shape index (κ3) is 4.30. The van der Waals surface area contributed by atoms with Crippen molar-refractivity contribution in [1.29, 1.82) is 0 Å². The highest BCUT2D eigenvalue weighted by molar-refractivity contribution is 6.21. The number of rotatable bonds is 4. The first-order valence-electron chi connectivity index (χ1n) is 9.04. The van der Waals surface area contributed by atoms with Crippen molar-refractivity contribution in [2.45, 2.75) is 58.4 Å². The first-order valence-corrected chi connectivity index (χ1v) is 9.48. The molecule has 3 unspecified atom stereocenters. The second-order valence-corrected chi connectivity index (χ2v) is 8.86. The van der Waals surface area contributed by atoms with Crippen LogP contribution >= 0.6 is 11.6 Å². The zero-order valence-corrected chi connectivity index (χ0v) is 16.1. The second kappa shape index (κ2) is 7.57. The maximum atomic E-state index is 12.8. The van der Waals surface area contributed by atoms with Gasteiger partial charge in [-0.15, -0.1) is 11.6 Å². The predicted octanol–water partition coefficient (Wildman–Crippen LogP) is 3.68. The average molecular weight is 341 g/mol. The lowest BCUT2D eigenvalue weighted by molar-refractivity contribution is -0.139. The summed E-state index contributed by atoms with van der Waals surface area (Å²) in [6.07, 6.45) is 7.84. The Hall–Kier alpha value is -0.540. The SMILES string of the molecule is CN[C@@H](C(=O)N1CCC(C2C=CC(Cl)CC2)C(C)(C)C1)C(C)C. The van der Waals surface area contributed by atoms with E-state index in [0.717, 1.165) is 25.9 Å². The van der Waals surface area contributed by atoms with Gasteiger partial charge in [-0.2, -0.15) is 0 Å². The van der Waals surface area contributed by atoms with Gasteiger partial charge in [0.2, 0.25) is 5.91 Å². The van der Waals surface area contributed by atoms with E-state index >= 15 is 0 Å². The zero-order valence-electron chi connectivity index (χ0n) is 15.3. The number of carbonyl (C=O) groups is 1. The predicted molar refractivity (Wildman–Crippen MR) is 97.7 cm³/mol. The zero-order chi connectivity index (χ0) is 17.2. The first kappa shape index (κ1) is 18.8. The molecule has 0 bridgehead atoms. The minimum atomic E-state index is -0.0751. The van der Waals surface area contributed by atoms with Gasteiger partial charge in [-0.3, -0.25) is 4.79 Å². The molecule has 1 aliphatic heterocycles. The number of nitrogens with zero attached hydrogens (tertiary/aromatic N) is 1. The van der Waals surface area contributed by atoms with Gasteiger partial charge in [-0.05, 0) is 49.5 Å². The number of allylic oxidation sites excluding steroid dienone is 2. The lowest BCUT2D eigenvalue weighted by Gasteiger charge is -2.48. The molecular formula is C19H33ClN2O. The van der Waals surface area contributed by atoms with Crippen LogP contribution in [0.1, 0.15) is 47.0 Å². The van der Waals surface area contributed by atoms with Crippen LogP contribution in [-0.2, 0) is 4.79 Å². The Morgan fingerprint density at radius 2 is 1.96 bits per heavy atom. The topological polar surface area (TPSA) is 32.3 Å². The summed E-state index contributed by atoms with van der Waals surface area (Å²) in [5.74, 6) is 1.82. The van der Waals surface area contributed by atoms with E-state index in [-0.39, 0.29) is 22.7 Å². The summed E-state index contributed by atoms with van der Waals surface area (Å²) in [5, 5.41) is 3.40. The van der Waals surface area contributed by atoms with Crippen molar-refractivity contribution in [3.8, 4) is 0 Å². The molecule has 132 valence electrons. The summed E-state index contributed by atoms with van der Waals surface area (Å²) in [6.45, 7) is 10.6. The fraction of sp³-hybridized carbons (Fsp3) is 0.842. The van der Waals surface area contributed by atoms with Crippen molar-refractivity contribution < 1.29 is 4.79 Å². The van der Waals surface area contributed by atoms with Crippen LogP contribution in [-0.4, -0.2) is 42.4 Å². The second-order valence-electron chi connectivity index (χ2n) is 8.30. The summed E-state index contributed by atoms with van der Waals surface area (Å²) < 4.78 is 0. The molecule has 0 spiro atoms. The Morgan fingerprint density at radius 3 is 2.43 bits per heavy atom. The number of nitrogens with one attached hydrogen (secondary N) is 1. The molecule has 4 heteroatoms. The summed E-state index contributed by atoms with van der Waals surface area (Å²) in [6, 6.07) is -0.0751. The number of piperidine rings is 1. The van der Waals surface area contributed by atoms with Crippen molar-refractivity contribution in [1.82, 2.24) is 10.2 Å². The number of hydrogen-bond acceptors (Lipinski definition) is 2. The average Bonchev–Trinajstić information content (AvgIpc) is 2.47. The van der Waals surface area contributed by atoms with Crippen LogP contribution in [0.3, 0.4) is 0 Å². The molecule has 0 saturated carbocycles. The lowest BCUT2D eigenvalue weighted by atomic mass is 9.65. The standard InChI is InChI=1S/C19H33ClN2O/c1-13(2)17(21-5)18(23)22-11-10-16(19(3,4)12-22)14-6-8-15(20)9-7-14/h6,8,13-17,21H,7,9-12H2,1-5H3/t14?,15?,16?,17-/m1/s1. The number of alkyl halides is 1. The Kier molecular flexibility index (Phi) is 6.18. The van der Waals surface area contributed by atoms with Crippen LogP contribution in [0, 0.1) is 23.2 Å². The normalized spacial score (nSPS) is 32.1. The van der Waals surface area contributed by atoms with E-state index in [2.05, 4.69) is 50.1 Å². The van der Waals surface area contributed by atoms with Crippen LogP contribution in [0.15, 0.2) is 12.2 Å². The van der Waals surface area contributed by atoms with Crippen molar-refractivity contribution in [2.24, 2.45) is 23.2 Å². The van der Waals surface area contributed by atoms with Gasteiger partial charge < -0.3 is 10.2 Å². The fourth-order valence-corrected chi connectivity index (χ4v) is 4.65. The third-order valence-corrected chi connectivity index (χ3v) is 6.09. The molecule has 0 radical (unpaired) electrons. The highest BCUT2D eigenvalue weighted by Crippen LogP contribution is 2.43. The minimum absolute atomic E-state index is 0.0751. The molecule has 0 aromatic heterocycles. The van der Waals surface area contributed by atoms with Crippen molar-refractivity contribution in [3.05, 3.63) is 12.2 Å². The van der Waals surface area contributed by atoms with Crippen LogP contribution in [0.5, 0.6) is 0 Å². The molecule has 3 nitrogen and oxygen atoms in total. The number of hydrogen-bond donors (Lipinski definition) is 1. The van der Waals surface area contributed by atoms with E-state index in [4.69, 9.17) is 11.6 Å². The monoisotopic (exact) mass is 340 g/mol. The van der Waals surface area contributed by atoms with Gasteiger partial charge in [-0.1, -0.05) is 39.8 Å². The quantitative estimate of drug-likeness (QED) is 0.625. The molecule has 1 heterocycles. The molecule has 1 N–H and O–H groups in total. The van der Waals surface area contributed by atoms with Crippen molar-refractivity contribution in [2.75, 3.05) is 20.1 Å². The summed E-state index contributed by atoms with van der Waals surface area (Å²) in [5.41, 5.74) is 0.150. The number of likely N-dealkylation sites (N-methyl/N-ethyl adjacent to an activating group) is 1. The molecule has 1 aliphatic carbocycles. The highest BCUT2D eigenvalue weighted by Gasteiger charge is 2.42. The van der Waals surface area contributed by atoms with E-state index in [1.807, 2.05) is 7.05 Å². The molecule has 2 aliphatic rings. The van der Waals surface area contributed by atoms with Crippen LogP contribution in [0.25, 0.3) is 0 Å². The number of halogens is 1. The number of likely N-dealkylation sites (tertiary alicyclic amines) is 1. The third-order valence-electron chi connectivity index (χ3n) is 5.73. The minimum Gasteiger partial charge on any atom is -0.341 e. The molecule has 23 heavy (non-hydrogen) atoms. The maximum Gasteiger partial charge on any atom is 0.239 e. The Bertz CT molecular complexity index is 447. The fourth-order valence-electron chi connectivity index (χ4n) is 4.44. The summed E-state index contributed by atoms with van der Waals surface area (Å²) in [4.78, 5) is 14.9. The van der Waals surface area contributed by atoms with Crippen molar-refractivity contribution in [3.63, 3.8) is 0 Å². The van der Waals surface area contributed by atoms with E-state index in [0.29, 0.717) is 17.8 Å². The largest absolute Gasteiger partial charge is 0.341 e. The lowest BCUT2D eigenvalue weighted by Crippen LogP contribution is -2.55. The van der Waals surface area contributed by atoms with E-state index in [1.165, 1.54) is 6.42 Å². The van der Waals surface area contributed by atoms with Gasteiger partial charge in [0, 0.05) is 13.1 Å². The first-order chi connectivity index (χ1) is 10.8. The van der Waals surface area contributed by atoms with Crippen molar-refractivity contribution >= 4 is 17.5 Å². The maximum absolute atomic E-state index is 12.8. The summed E-state index contributed by atoms with van der Waals surface area (Å²) in [7, 11) is 1.88. The molecular weight excluding hydrogens is 308 g/mol. The number of carbonyl (C=O) groups excluding carboxylic acids is 1. The van der Waals surface area contributed by atoms with E-state index in [9.17, 15) is 4.79 Å². The van der Waals surface area contributed by atoms with Crippen LogP contribution < -0.4 is 5.32 Å². The van der Waals surface area contributed by atoms with E-state index in [1.54, 1.807) is 0 Å². The van der Waals surface area contributed by atoms with Gasteiger partial charge >= 0.3 is 0 Å². The van der Waals surface area contributed by atoms with Crippen LogP contribution in [0.2, 0.25) is 0 Å². The van der Waals surface area contributed by atoms with Gasteiger partial charge in [-0.25, -0.2) is 0 Å². The van der Waals surface area contributed by atoms with Gasteiger partial charge in [0.25, 0.3) is 0 Å². The Balaban J connectivity index is 2.05. The molecule has 2 rings (SSSR count). The molecule has 1 fully saturated rings. The summed E-state index contributed by atoms with van der Waals surface area (Å²) >= 11 is 6.19. The molecule has 0 aromatic rings. The van der Waals surface area contributed by atoms with Gasteiger partial charge in [0.1, 0.15) is 0 Å². The van der Waals surface area contributed by atoms with Crippen LogP contribution in [0.4, 0.5) is 0 Å². The van der Waals surface area contributed by atoms with Gasteiger partial charge in [0.05, 0.1) is 11.4 Å². The van der Waals surface area contributed by atoms with Gasteiger partial charge in [0.15, 0.2) is 0 Å². The molecule has 0 aromatic carbocycles. The smallest absolute Gasteiger partial charge is 0.239 e. The molecule has 1 saturated heterocycles. The Morgan fingerprint density at radius 1 is 1.26 bits per heavy atom. The molecule has 4 atom stereocenters. The Labute approximate surface area is 146 Å². The number of amides is 1. The highest BCUT2D eigenvalue weighted by atomic mass is 35.5.